The fourth-order valence-corrected chi connectivity index (χ4v) is 1.92. The number of carbonyl (C=O) groups is 1. The van der Waals surface area contributed by atoms with Gasteiger partial charge in [0.15, 0.2) is 0 Å². The van der Waals surface area contributed by atoms with E-state index >= 15 is 0 Å². The molecule has 100 valence electrons. The number of rotatable bonds is 5. The molecule has 1 aliphatic rings. The number of hydrogen-bond donors (Lipinski definition) is 2. The average Bonchev–Trinajstić information content (AvgIpc) is 2.97. The quantitative estimate of drug-likeness (QED) is 0.828. The molecule has 1 amide bonds. The van der Waals surface area contributed by atoms with Gasteiger partial charge >= 0.3 is 0 Å². The molecule has 18 heavy (non-hydrogen) atoms. The first kappa shape index (κ1) is 13.1. The molecule has 0 aromatic carbocycles. The molecule has 0 unspecified atom stereocenters. The zero-order chi connectivity index (χ0) is 13.3. The van der Waals surface area contributed by atoms with E-state index in [0.717, 1.165) is 18.5 Å². The van der Waals surface area contributed by atoms with E-state index in [1.807, 2.05) is 13.0 Å². The first-order chi connectivity index (χ1) is 8.51. The molecule has 5 heteroatoms. The number of aliphatic hydroxyl groups excluding tert-OH is 1. The molecule has 0 atom stereocenters. The zero-order valence-electron chi connectivity index (χ0n) is 11.2. The molecule has 1 saturated carbocycles. The summed E-state index contributed by atoms with van der Waals surface area (Å²) in [6, 6.07) is 1.84. The molecule has 1 heterocycles. The van der Waals surface area contributed by atoms with Gasteiger partial charge in [0, 0.05) is 6.54 Å². The van der Waals surface area contributed by atoms with Crippen molar-refractivity contribution >= 4 is 5.91 Å². The van der Waals surface area contributed by atoms with E-state index in [1.165, 1.54) is 0 Å². The molecular formula is C13H21N3O2. The van der Waals surface area contributed by atoms with Crippen molar-refractivity contribution in [2.24, 2.45) is 0 Å². The van der Waals surface area contributed by atoms with Crippen molar-refractivity contribution in [1.29, 1.82) is 0 Å². The van der Waals surface area contributed by atoms with Crippen LogP contribution in [0.3, 0.4) is 0 Å². The minimum absolute atomic E-state index is 0.00996. The van der Waals surface area contributed by atoms with Gasteiger partial charge in [-0.3, -0.25) is 9.48 Å². The van der Waals surface area contributed by atoms with E-state index in [-0.39, 0.29) is 18.1 Å². The predicted molar refractivity (Wildman–Crippen MR) is 68.5 cm³/mol. The Balaban J connectivity index is 2.18. The van der Waals surface area contributed by atoms with Gasteiger partial charge in [0.25, 0.3) is 5.91 Å². The molecule has 0 saturated heterocycles. The predicted octanol–water partition coefficient (Wildman–Crippen LogP) is 1.28. The lowest BCUT2D eigenvalue weighted by Crippen LogP contribution is -2.40. The van der Waals surface area contributed by atoms with Gasteiger partial charge in [-0.1, -0.05) is 13.8 Å². The van der Waals surface area contributed by atoms with Crippen molar-refractivity contribution in [2.75, 3.05) is 6.61 Å². The molecule has 0 bridgehead atoms. The van der Waals surface area contributed by atoms with Crippen molar-refractivity contribution in [3.8, 4) is 0 Å². The summed E-state index contributed by atoms with van der Waals surface area (Å²) < 4.78 is 1.72. The molecule has 5 nitrogen and oxygen atoms in total. The van der Waals surface area contributed by atoms with E-state index in [2.05, 4.69) is 24.3 Å². The molecule has 1 aliphatic carbocycles. The van der Waals surface area contributed by atoms with Gasteiger partial charge in [-0.05, 0) is 31.7 Å². The molecule has 0 aliphatic heterocycles. The summed E-state index contributed by atoms with van der Waals surface area (Å²) in [6.07, 6.45) is 1.71. The highest BCUT2D eigenvalue weighted by atomic mass is 16.3. The van der Waals surface area contributed by atoms with E-state index in [4.69, 9.17) is 0 Å². The molecule has 2 N–H and O–H groups in total. The van der Waals surface area contributed by atoms with Crippen molar-refractivity contribution in [1.82, 2.24) is 15.1 Å². The van der Waals surface area contributed by atoms with E-state index in [1.54, 1.807) is 4.68 Å². The van der Waals surface area contributed by atoms with E-state index in [9.17, 15) is 9.90 Å². The number of nitrogens with zero attached hydrogens (tertiary/aromatic N) is 2. The van der Waals surface area contributed by atoms with E-state index in [0.29, 0.717) is 18.2 Å². The maximum atomic E-state index is 12.2. The second kappa shape index (κ2) is 4.72. The Morgan fingerprint density at radius 1 is 1.61 bits per heavy atom. The van der Waals surface area contributed by atoms with Crippen molar-refractivity contribution in [3.63, 3.8) is 0 Å². The van der Waals surface area contributed by atoms with Crippen LogP contribution >= 0.6 is 0 Å². The van der Waals surface area contributed by atoms with Crippen LogP contribution in [0.4, 0.5) is 0 Å². The Bertz CT molecular complexity index is 447. The Morgan fingerprint density at radius 3 is 2.72 bits per heavy atom. The van der Waals surface area contributed by atoms with Crippen molar-refractivity contribution < 1.29 is 9.90 Å². The van der Waals surface area contributed by atoms with Gasteiger partial charge in [-0.15, -0.1) is 0 Å². The molecule has 1 aromatic heterocycles. The Kier molecular flexibility index (Phi) is 3.43. The standard InChI is InChI=1S/C13H21N3O2/c1-4-16-11(7-10(15-16)9(2)3)12(18)14-13(8-17)5-6-13/h7,9,17H,4-6,8H2,1-3H3,(H,14,18). The third-order valence-corrected chi connectivity index (χ3v) is 3.46. The number of amides is 1. The summed E-state index contributed by atoms with van der Waals surface area (Å²) in [4.78, 5) is 12.2. The summed E-state index contributed by atoms with van der Waals surface area (Å²) in [5.41, 5.74) is 1.13. The first-order valence-corrected chi connectivity index (χ1v) is 6.52. The maximum Gasteiger partial charge on any atom is 0.270 e. The highest BCUT2D eigenvalue weighted by Gasteiger charge is 2.43. The second-order valence-corrected chi connectivity index (χ2v) is 5.32. The topological polar surface area (TPSA) is 67.2 Å². The highest BCUT2D eigenvalue weighted by Crippen LogP contribution is 2.34. The Morgan fingerprint density at radius 2 is 2.28 bits per heavy atom. The van der Waals surface area contributed by atoms with Crippen LogP contribution in [0.1, 0.15) is 55.7 Å². The average molecular weight is 251 g/mol. The molecule has 1 aromatic rings. The number of hydrogen-bond acceptors (Lipinski definition) is 3. The summed E-state index contributed by atoms with van der Waals surface area (Å²) in [7, 11) is 0. The van der Waals surface area contributed by atoms with Crippen LogP contribution in [0.2, 0.25) is 0 Å². The third kappa shape index (κ3) is 2.41. The van der Waals surface area contributed by atoms with Crippen molar-refractivity contribution in [3.05, 3.63) is 17.5 Å². The number of aliphatic hydroxyl groups is 1. The lowest BCUT2D eigenvalue weighted by molar-refractivity contribution is 0.0896. The molecule has 0 radical (unpaired) electrons. The van der Waals surface area contributed by atoms with Crippen LogP contribution in [0.5, 0.6) is 0 Å². The molecule has 2 rings (SSSR count). The number of nitrogens with one attached hydrogen (secondary N) is 1. The van der Waals surface area contributed by atoms with Crippen LogP contribution in [0.25, 0.3) is 0 Å². The van der Waals surface area contributed by atoms with Gasteiger partial charge in [0.05, 0.1) is 17.8 Å². The number of carbonyl (C=O) groups excluding carboxylic acids is 1. The molecular weight excluding hydrogens is 230 g/mol. The molecule has 1 fully saturated rings. The van der Waals surface area contributed by atoms with Crippen LogP contribution < -0.4 is 5.32 Å². The van der Waals surface area contributed by atoms with Gasteiger partial charge < -0.3 is 10.4 Å². The Labute approximate surface area is 107 Å². The number of aryl methyl sites for hydroxylation is 1. The summed E-state index contributed by atoms with van der Waals surface area (Å²) >= 11 is 0. The highest BCUT2D eigenvalue weighted by molar-refractivity contribution is 5.93. The minimum atomic E-state index is -0.377. The SMILES string of the molecule is CCn1nc(C(C)C)cc1C(=O)NC1(CO)CC1. The van der Waals surface area contributed by atoms with Crippen LogP contribution in [-0.2, 0) is 6.54 Å². The first-order valence-electron chi connectivity index (χ1n) is 6.52. The van der Waals surface area contributed by atoms with Crippen LogP contribution in [0, 0.1) is 0 Å². The van der Waals surface area contributed by atoms with Crippen LogP contribution in [0.15, 0.2) is 6.07 Å². The summed E-state index contributed by atoms with van der Waals surface area (Å²) in [6.45, 7) is 6.75. The third-order valence-electron chi connectivity index (χ3n) is 3.46. The largest absolute Gasteiger partial charge is 0.394 e. The monoisotopic (exact) mass is 251 g/mol. The van der Waals surface area contributed by atoms with Gasteiger partial charge in [-0.2, -0.15) is 5.10 Å². The summed E-state index contributed by atoms with van der Waals surface area (Å²) in [5, 5.41) is 16.6. The van der Waals surface area contributed by atoms with Crippen molar-refractivity contribution in [2.45, 2.75) is 51.6 Å². The van der Waals surface area contributed by atoms with E-state index < -0.39 is 0 Å². The lowest BCUT2D eigenvalue weighted by atomic mass is 10.1. The zero-order valence-corrected chi connectivity index (χ0v) is 11.2. The molecule has 0 spiro atoms. The van der Waals surface area contributed by atoms with Crippen LogP contribution in [-0.4, -0.2) is 32.9 Å². The maximum absolute atomic E-state index is 12.2. The lowest BCUT2D eigenvalue weighted by Gasteiger charge is -2.14. The normalized spacial score (nSPS) is 16.9. The number of aromatic nitrogens is 2. The summed E-state index contributed by atoms with van der Waals surface area (Å²) in [5.74, 6) is 0.167. The smallest absolute Gasteiger partial charge is 0.270 e. The Hall–Kier alpha value is -1.36. The minimum Gasteiger partial charge on any atom is -0.394 e. The van der Waals surface area contributed by atoms with Gasteiger partial charge in [-0.25, -0.2) is 0 Å². The van der Waals surface area contributed by atoms with Gasteiger partial charge in [0.2, 0.25) is 0 Å². The fraction of sp³-hybridized carbons (Fsp3) is 0.692. The van der Waals surface area contributed by atoms with Gasteiger partial charge in [0.1, 0.15) is 5.69 Å². The fourth-order valence-electron chi connectivity index (χ4n) is 1.92. The second-order valence-electron chi connectivity index (χ2n) is 5.32.